The minimum Gasteiger partial charge on any atom is -0.148 e. The smallest absolute Gasteiger partial charge is 0.0208 e. The van der Waals surface area contributed by atoms with Crippen LogP contribution < -0.4 is 0 Å². The summed E-state index contributed by atoms with van der Waals surface area (Å²) in [6, 6.07) is 0. The molecule has 0 bridgehead atoms. The van der Waals surface area contributed by atoms with Crippen LogP contribution in [0.1, 0.15) is 10.4 Å². The molecular formula is C7H10S2. The van der Waals surface area contributed by atoms with Crippen molar-refractivity contribution in [3.63, 3.8) is 0 Å². The molecule has 0 aliphatic rings. The van der Waals surface area contributed by atoms with Crippen LogP contribution in [-0.2, 0) is 0 Å². The van der Waals surface area contributed by atoms with Crippen molar-refractivity contribution in [2.45, 2.75) is 18.7 Å². The molecule has 0 atom stereocenters. The summed E-state index contributed by atoms with van der Waals surface area (Å²) in [6.07, 6.45) is 2.12. The van der Waals surface area contributed by atoms with Gasteiger partial charge in [0, 0.05) is 15.2 Å². The van der Waals surface area contributed by atoms with Crippen LogP contribution in [0, 0.1) is 13.8 Å². The van der Waals surface area contributed by atoms with E-state index >= 15 is 0 Å². The predicted octanol–water partition coefficient (Wildman–Crippen LogP) is 3.09. The number of thiophene rings is 1. The average Bonchev–Trinajstić information content (AvgIpc) is 2.15. The predicted molar refractivity (Wildman–Crippen MR) is 45.6 cm³/mol. The summed E-state index contributed by atoms with van der Waals surface area (Å²) in [6.45, 7) is 4.34. The van der Waals surface area contributed by atoms with Crippen LogP contribution in [0.25, 0.3) is 0 Å². The Morgan fingerprint density at radius 1 is 1.44 bits per heavy atom. The van der Waals surface area contributed by atoms with Crippen LogP contribution in [0.4, 0.5) is 0 Å². The summed E-state index contributed by atoms with van der Waals surface area (Å²) in [5.74, 6) is 0. The molecule has 0 saturated heterocycles. The Kier molecular flexibility index (Phi) is 2.19. The van der Waals surface area contributed by atoms with Gasteiger partial charge in [-0.05, 0) is 25.7 Å². The molecule has 0 N–H and O–H groups in total. The minimum atomic E-state index is 1.43. The molecule has 2 heteroatoms. The maximum atomic E-state index is 2.22. The molecule has 0 amide bonds. The number of thioether (sulfide) groups is 1. The Balaban J connectivity index is 3.04. The summed E-state index contributed by atoms with van der Waals surface area (Å²) in [5.41, 5.74) is 1.45. The maximum absolute atomic E-state index is 2.22. The summed E-state index contributed by atoms with van der Waals surface area (Å²) in [4.78, 5) is 2.87. The molecule has 0 unspecified atom stereocenters. The molecule has 1 heterocycles. The Morgan fingerprint density at radius 2 is 2.11 bits per heavy atom. The van der Waals surface area contributed by atoms with Gasteiger partial charge >= 0.3 is 0 Å². The molecule has 9 heavy (non-hydrogen) atoms. The van der Waals surface area contributed by atoms with Crippen LogP contribution in [0.15, 0.2) is 10.3 Å². The molecule has 50 valence electrons. The van der Waals surface area contributed by atoms with Gasteiger partial charge in [0.25, 0.3) is 0 Å². The third-order valence-corrected chi connectivity index (χ3v) is 3.49. The molecule has 0 aliphatic carbocycles. The summed E-state index contributed by atoms with van der Waals surface area (Å²) < 4.78 is 0. The Morgan fingerprint density at radius 3 is 2.33 bits per heavy atom. The lowest BCUT2D eigenvalue weighted by Crippen LogP contribution is -1.70. The first-order valence-electron chi connectivity index (χ1n) is 2.84. The fourth-order valence-electron chi connectivity index (χ4n) is 0.693. The van der Waals surface area contributed by atoms with E-state index in [0.29, 0.717) is 0 Å². The summed E-state index contributed by atoms with van der Waals surface area (Å²) in [5, 5.41) is 2.22. The zero-order valence-electron chi connectivity index (χ0n) is 5.89. The van der Waals surface area contributed by atoms with Gasteiger partial charge in [0.1, 0.15) is 0 Å². The summed E-state index contributed by atoms with van der Waals surface area (Å²) in [7, 11) is 0. The highest BCUT2D eigenvalue weighted by molar-refractivity contribution is 7.98. The van der Waals surface area contributed by atoms with Crippen molar-refractivity contribution in [3.8, 4) is 0 Å². The van der Waals surface area contributed by atoms with Gasteiger partial charge in [0.2, 0.25) is 0 Å². The van der Waals surface area contributed by atoms with E-state index in [1.54, 1.807) is 0 Å². The maximum Gasteiger partial charge on any atom is 0.0208 e. The first kappa shape index (κ1) is 7.16. The van der Waals surface area contributed by atoms with E-state index in [1.807, 2.05) is 23.1 Å². The van der Waals surface area contributed by atoms with E-state index in [0.717, 1.165) is 0 Å². The molecule has 0 fully saturated rings. The van der Waals surface area contributed by atoms with E-state index in [4.69, 9.17) is 0 Å². The highest BCUT2D eigenvalue weighted by Crippen LogP contribution is 2.27. The fourth-order valence-corrected chi connectivity index (χ4v) is 2.49. The van der Waals surface area contributed by atoms with Crippen molar-refractivity contribution in [2.75, 3.05) is 6.26 Å². The van der Waals surface area contributed by atoms with E-state index in [9.17, 15) is 0 Å². The second kappa shape index (κ2) is 2.76. The first-order chi connectivity index (χ1) is 4.25. The summed E-state index contributed by atoms with van der Waals surface area (Å²) >= 11 is 3.66. The van der Waals surface area contributed by atoms with Gasteiger partial charge in [-0.1, -0.05) is 0 Å². The minimum absolute atomic E-state index is 1.43. The van der Waals surface area contributed by atoms with Gasteiger partial charge in [-0.3, -0.25) is 0 Å². The molecule has 0 spiro atoms. The topological polar surface area (TPSA) is 0 Å². The van der Waals surface area contributed by atoms with Gasteiger partial charge in [-0.15, -0.1) is 23.1 Å². The lowest BCUT2D eigenvalue weighted by Gasteiger charge is -1.91. The van der Waals surface area contributed by atoms with Gasteiger partial charge in [0.05, 0.1) is 0 Å². The standard InChI is InChI=1S/C7H10S2/c1-5-6(2)9-4-7(5)8-3/h4H,1-3H3. The SMILES string of the molecule is CSc1csc(C)c1C. The quantitative estimate of drug-likeness (QED) is 0.566. The number of hydrogen-bond donors (Lipinski definition) is 0. The van der Waals surface area contributed by atoms with Gasteiger partial charge < -0.3 is 0 Å². The zero-order valence-corrected chi connectivity index (χ0v) is 7.53. The monoisotopic (exact) mass is 158 g/mol. The van der Waals surface area contributed by atoms with Gasteiger partial charge in [-0.25, -0.2) is 0 Å². The Labute approximate surface area is 64.3 Å². The molecule has 0 radical (unpaired) electrons. The van der Waals surface area contributed by atoms with E-state index in [1.165, 1.54) is 15.3 Å². The van der Waals surface area contributed by atoms with Crippen molar-refractivity contribution in [2.24, 2.45) is 0 Å². The van der Waals surface area contributed by atoms with Crippen molar-refractivity contribution in [1.29, 1.82) is 0 Å². The van der Waals surface area contributed by atoms with Crippen LogP contribution in [0.5, 0.6) is 0 Å². The lowest BCUT2D eigenvalue weighted by atomic mass is 10.3. The molecule has 0 nitrogen and oxygen atoms in total. The largest absolute Gasteiger partial charge is 0.148 e. The molecular weight excluding hydrogens is 148 g/mol. The molecule has 1 aromatic heterocycles. The number of hydrogen-bond acceptors (Lipinski definition) is 2. The third kappa shape index (κ3) is 1.30. The van der Waals surface area contributed by atoms with Crippen molar-refractivity contribution in [3.05, 3.63) is 15.8 Å². The van der Waals surface area contributed by atoms with Crippen LogP contribution in [0.3, 0.4) is 0 Å². The van der Waals surface area contributed by atoms with Crippen LogP contribution in [-0.4, -0.2) is 6.26 Å². The second-order valence-corrected chi connectivity index (χ2v) is 3.92. The van der Waals surface area contributed by atoms with E-state index in [2.05, 4.69) is 25.5 Å². The van der Waals surface area contributed by atoms with Crippen molar-refractivity contribution < 1.29 is 0 Å². The van der Waals surface area contributed by atoms with Gasteiger partial charge in [-0.2, -0.15) is 0 Å². The molecule has 0 aromatic carbocycles. The fraction of sp³-hybridized carbons (Fsp3) is 0.429. The van der Waals surface area contributed by atoms with Crippen LogP contribution >= 0.6 is 23.1 Å². The zero-order chi connectivity index (χ0) is 6.85. The van der Waals surface area contributed by atoms with Crippen LogP contribution in [0.2, 0.25) is 0 Å². The lowest BCUT2D eigenvalue weighted by molar-refractivity contribution is 1.32. The normalized spacial score (nSPS) is 10.1. The molecule has 1 aromatic rings. The third-order valence-electron chi connectivity index (χ3n) is 1.46. The van der Waals surface area contributed by atoms with Gasteiger partial charge in [0.15, 0.2) is 0 Å². The number of aryl methyl sites for hydroxylation is 1. The second-order valence-electron chi connectivity index (χ2n) is 1.99. The van der Waals surface area contributed by atoms with E-state index in [-0.39, 0.29) is 0 Å². The molecule has 0 aliphatic heterocycles. The highest BCUT2D eigenvalue weighted by Gasteiger charge is 1.99. The molecule has 1 rings (SSSR count). The molecule has 0 saturated carbocycles. The number of rotatable bonds is 1. The Hall–Kier alpha value is 0.0500. The first-order valence-corrected chi connectivity index (χ1v) is 4.95. The average molecular weight is 158 g/mol. The van der Waals surface area contributed by atoms with Crippen molar-refractivity contribution >= 4 is 23.1 Å². The van der Waals surface area contributed by atoms with Crippen molar-refractivity contribution in [1.82, 2.24) is 0 Å². The van der Waals surface area contributed by atoms with E-state index < -0.39 is 0 Å². The highest BCUT2D eigenvalue weighted by atomic mass is 32.2. The Bertz CT molecular complexity index is 201.